The van der Waals surface area contributed by atoms with Crippen LogP contribution in [0.2, 0.25) is 0 Å². The molecule has 1 atom stereocenters. The highest BCUT2D eigenvalue weighted by Gasteiger charge is 2.36. The number of sulfonamides is 1. The van der Waals surface area contributed by atoms with Gasteiger partial charge in [-0.05, 0) is 25.0 Å². The summed E-state index contributed by atoms with van der Waals surface area (Å²) in [5.74, 6) is 0.139. The van der Waals surface area contributed by atoms with Gasteiger partial charge in [0.15, 0.2) is 5.67 Å². The number of alkyl halides is 1. The van der Waals surface area contributed by atoms with E-state index in [0.717, 1.165) is 0 Å². The minimum absolute atomic E-state index is 0.0942. The molecule has 106 valence electrons. The number of nitrogens with two attached hydrogens (primary N) is 1. The van der Waals surface area contributed by atoms with Gasteiger partial charge in [-0.3, -0.25) is 0 Å². The molecule has 1 aromatic rings. The number of aliphatic hydroxyl groups is 1. The van der Waals surface area contributed by atoms with Crippen LogP contribution >= 0.6 is 0 Å². The van der Waals surface area contributed by atoms with Crippen LogP contribution in [0.4, 0.5) is 10.2 Å². The van der Waals surface area contributed by atoms with Gasteiger partial charge >= 0.3 is 0 Å². The number of piperidine rings is 1. The standard InChI is InChI=1S/C11H16FN3O3S/c12-11(8-16)4-2-6-15(7-11)10-9(19(13,17)18)3-1-5-14-10/h1,3,5,16H,2,4,6-8H2,(H2,13,17,18). The van der Waals surface area contributed by atoms with Crippen molar-refractivity contribution in [2.24, 2.45) is 5.14 Å². The van der Waals surface area contributed by atoms with E-state index in [4.69, 9.17) is 10.2 Å². The first-order valence-corrected chi connectivity index (χ1v) is 7.43. The summed E-state index contributed by atoms with van der Waals surface area (Å²) in [6.45, 7) is -0.213. The molecule has 2 rings (SSSR count). The lowest BCUT2D eigenvalue weighted by Gasteiger charge is -2.37. The summed E-state index contributed by atoms with van der Waals surface area (Å²) in [5, 5.41) is 14.2. The van der Waals surface area contributed by atoms with Gasteiger partial charge in [0.05, 0.1) is 13.2 Å². The third kappa shape index (κ3) is 3.02. The van der Waals surface area contributed by atoms with Crippen LogP contribution in [0.1, 0.15) is 12.8 Å². The van der Waals surface area contributed by atoms with Crippen molar-refractivity contribution < 1.29 is 17.9 Å². The maximum atomic E-state index is 14.2. The minimum Gasteiger partial charge on any atom is -0.393 e. The van der Waals surface area contributed by atoms with E-state index in [0.29, 0.717) is 13.0 Å². The molecule has 0 aromatic carbocycles. The lowest BCUT2D eigenvalue weighted by Crippen LogP contribution is -2.48. The molecule has 3 N–H and O–H groups in total. The molecule has 8 heteroatoms. The predicted octanol–water partition coefficient (Wildman–Crippen LogP) is 0.0298. The smallest absolute Gasteiger partial charge is 0.241 e. The zero-order valence-electron chi connectivity index (χ0n) is 10.3. The second-order valence-electron chi connectivity index (χ2n) is 4.70. The molecule has 1 saturated heterocycles. The molecule has 1 aromatic heterocycles. The molecule has 0 aliphatic carbocycles. The van der Waals surface area contributed by atoms with Crippen molar-refractivity contribution in [1.82, 2.24) is 4.98 Å². The quantitative estimate of drug-likeness (QED) is 0.818. The van der Waals surface area contributed by atoms with Crippen LogP contribution in [0.15, 0.2) is 23.2 Å². The Hall–Kier alpha value is -1.25. The first-order chi connectivity index (χ1) is 8.86. The summed E-state index contributed by atoms with van der Waals surface area (Å²) in [4.78, 5) is 5.37. The Balaban J connectivity index is 2.37. The number of aromatic nitrogens is 1. The van der Waals surface area contributed by atoms with Gasteiger partial charge in [0.25, 0.3) is 0 Å². The van der Waals surface area contributed by atoms with Crippen molar-refractivity contribution in [3.05, 3.63) is 18.3 Å². The fraction of sp³-hybridized carbons (Fsp3) is 0.545. The SMILES string of the molecule is NS(=O)(=O)c1cccnc1N1CCCC(F)(CO)C1. The summed E-state index contributed by atoms with van der Waals surface area (Å²) in [6.07, 6.45) is 2.19. The van der Waals surface area contributed by atoms with Gasteiger partial charge in [-0.1, -0.05) is 0 Å². The summed E-state index contributed by atoms with van der Waals surface area (Å²) in [7, 11) is -3.92. The highest BCUT2D eigenvalue weighted by atomic mass is 32.2. The van der Waals surface area contributed by atoms with Gasteiger partial charge in [-0.15, -0.1) is 0 Å². The number of aliphatic hydroxyl groups excluding tert-OH is 1. The molecule has 0 amide bonds. The largest absolute Gasteiger partial charge is 0.393 e. The Labute approximate surface area is 111 Å². The number of nitrogens with zero attached hydrogens (tertiary/aromatic N) is 2. The number of hydrogen-bond donors (Lipinski definition) is 2. The van der Waals surface area contributed by atoms with Crippen LogP contribution in [0.3, 0.4) is 0 Å². The number of pyridine rings is 1. The molecule has 1 aliphatic rings. The van der Waals surface area contributed by atoms with E-state index in [1.807, 2.05) is 0 Å². The molecule has 0 bridgehead atoms. The summed E-state index contributed by atoms with van der Waals surface area (Å²) in [6, 6.07) is 2.80. The van der Waals surface area contributed by atoms with E-state index in [1.165, 1.54) is 23.2 Å². The number of primary sulfonamides is 1. The van der Waals surface area contributed by atoms with Gasteiger partial charge < -0.3 is 10.0 Å². The molecule has 6 nitrogen and oxygen atoms in total. The number of halogens is 1. The fourth-order valence-corrected chi connectivity index (χ4v) is 2.94. The molecule has 2 heterocycles. The normalized spacial score (nSPS) is 24.5. The van der Waals surface area contributed by atoms with Crippen LogP contribution in [-0.2, 0) is 10.0 Å². The molecule has 1 aliphatic heterocycles. The molecule has 0 saturated carbocycles. The molecular formula is C11H16FN3O3S. The van der Waals surface area contributed by atoms with Crippen molar-refractivity contribution in [3.63, 3.8) is 0 Å². The van der Waals surface area contributed by atoms with E-state index in [1.54, 1.807) is 0 Å². The molecule has 1 fully saturated rings. The monoisotopic (exact) mass is 289 g/mol. The van der Waals surface area contributed by atoms with E-state index >= 15 is 0 Å². The molecular weight excluding hydrogens is 273 g/mol. The van der Waals surface area contributed by atoms with Crippen LogP contribution in [0.5, 0.6) is 0 Å². The highest BCUT2D eigenvalue weighted by Crippen LogP contribution is 2.30. The molecule has 0 spiro atoms. The first-order valence-electron chi connectivity index (χ1n) is 5.88. The zero-order valence-corrected chi connectivity index (χ0v) is 11.1. The van der Waals surface area contributed by atoms with E-state index in [2.05, 4.69) is 4.98 Å². The Morgan fingerprint density at radius 3 is 2.95 bits per heavy atom. The molecule has 0 radical (unpaired) electrons. The van der Waals surface area contributed by atoms with E-state index < -0.39 is 22.3 Å². The summed E-state index contributed by atoms with van der Waals surface area (Å²) in [5.41, 5.74) is -1.73. The van der Waals surface area contributed by atoms with Crippen LogP contribution in [0, 0.1) is 0 Å². The lowest BCUT2D eigenvalue weighted by atomic mass is 9.96. The van der Waals surface area contributed by atoms with Crippen LogP contribution < -0.4 is 10.0 Å². The number of hydrogen-bond acceptors (Lipinski definition) is 5. The maximum Gasteiger partial charge on any atom is 0.241 e. The highest BCUT2D eigenvalue weighted by molar-refractivity contribution is 7.89. The maximum absolute atomic E-state index is 14.2. The lowest BCUT2D eigenvalue weighted by molar-refractivity contribution is 0.0564. The summed E-state index contributed by atoms with van der Waals surface area (Å²) >= 11 is 0. The first kappa shape index (κ1) is 14.2. The van der Waals surface area contributed by atoms with Crippen molar-refractivity contribution in [1.29, 1.82) is 0 Å². The molecule has 1 unspecified atom stereocenters. The second kappa shape index (κ2) is 5.03. The van der Waals surface area contributed by atoms with Gasteiger partial charge in [0, 0.05) is 12.7 Å². The average molecular weight is 289 g/mol. The van der Waals surface area contributed by atoms with Gasteiger partial charge in [0.2, 0.25) is 10.0 Å². The van der Waals surface area contributed by atoms with E-state index in [9.17, 15) is 12.8 Å². The van der Waals surface area contributed by atoms with Crippen LogP contribution in [0.25, 0.3) is 0 Å². The van der Waals surface area contributed by atoms with Crippen molar-refractivity contribution in [3.8, 4) is 0 Å². The number of rotatable bonds is 3. The Bertz CT molecular complexity index is 566. The Morgan fingerprint density at radius 1 is 1.58 bits per heavy atom. The fourth-order valence-electron chi connectivity index (χ4n) is 2.24. The van der Waals surface area contributed by atoms with Crippen molar-refractivity contribution in [2.75, 3.05) is 24.6 Å². The zero-order chi connectivity index (χ0) is 14.1. The predicted molar refractivity (Wildman–Crippen MR) is 68.0 cm³/mol. The molecule has 19 heavy (non-hydrogen) atoms. The van der Waals surface area contributed by atoms with Gasteiger partial charge in [-0.25, -0.2) is 22.9 Å². The second-order valence-corrected chi connectivity index (χ2v) is 6.23. The van der Waals surface area contributed by atoms with E-state index in [-0.39, 0.29) is 23.7 Å². The van der Waals surface area contributed by atoms with Gasteiger partial charge in [0.1, 0.15) is 10.7 Å². The third-order valence-electron chi connectivity index (χ3n) is 3.17. The van der Waals surface area contributed by atoms with Gasteiger partial charge in [-0.2, -0.15) is 0 Å². The van der Waals surface area contributed by atoms with Crippen molar-refractivity contribution in [2.45, 2.75) is 23.4 Å². The summed E-state index contributed by atoms with van der Waals surface area (Å²) < 4.78 is 37.2. The Kier molecular flexibility index (Phi) is 3.75. The topological polar surface area (TPSA) is 96.5 Å². The van der Waals surface area contributed by atoms with Crippen molar-refractivity contribution >= 4 is 15.8 Å². The van der Waals surface area contributed by atoms with Crippen LogP contribution in [-0.4, -0.2) is 43.9 Å². The Morgan fingerprint density at radius 2 is 2.32 bits per heavy atom. The third-order valence-corrected chi connectivity index (χ3v) is 4.10. The minimum atomic E-state index is -3.92. The average Bonchev–Trinajstić information content (AvgIpc) is 2.38. The number of anilines is 1.